The quantitative estimate of drug-likeness (QED) is 0.782. The second-order valence-corrected chi connectivity index (χ2v) is 6.96. The number of aromatic nitrogens is 1. The molecule has 1 unspecified atom stereocenters. The standard InChI is InChI=1S/C16H14ClNO3S/c1-8(2)11-7-12(19)21-14-13(11)16(20)22-15(18-14)9-3-5-10(17)6-4-9/h3-6,8,11H,7H2,1-2H3. The first-order chi connectivity index (χ1) is 10.5. The molecule has 1 aliphatic heterocycles. The molecule has 1 atom stereocenters. The normalized spacial score (nSPS) is 17.3. The van der Waals surface area contributed by atoms with Gasteiger partial charge in [-0.3, -0.25) is 9.59 Å². The maximum atomic E-state index is 12.5. The molecule has 0 saturated heterocycles. The molecular weight excluding hydrogens is 322 g/mol. The van der Waals surface area contributed by atoms with Crippen molar-refractivity contribution in [3.63, 3.8) is 0 Å². The minimum absolute atomic E-state index is 0.0962. The topological polar surface area (TPSA) is 56.3 Å². The van der Waals surface area contributed by atoms with Crippen molar-refractivity contribution in [2.24, 2.45) is 5.92 Å². The fourth-order valence-electron chi connectivity index (χ4n) is 2.51. The van der Waals surface area contributed by atoms with Gasteiger partial charge in [-0.25, -0.2) is 4.98 Å². The molecule has 4 nitrogen and oxygen atoms in total. The molecule has 1 aliphatic rings. The molecule has 0 spiro atoms. The van der Waals surface area contributed by atoms with E-state index in [-0.39, 0.29) is 34.8 Å². The third kappa shape index (κ3) is 2.78. The van der Waals surface area contributed by atoms with Gasteiger partial charge in [0.1, 0.15) is 5.01 Å². The molecule has 1 aromatic carbocycles. The molecule has 1 aromatic heterocycles. The Kier molecular flexibility index (Phi) is 4.02. The van der Waals surface area contributed by atoms with Crippen LogP contribution in [0.3, 0.4) is 0 Å². The van der Waals surface area contributed by atoms with Crippen LogP contribution in [0.4, 0.5) is 0 Å². The number of hydrogen-bond acceptors (Lipinski definition) is 5. The summed E-state index contributed by atoms with van der Waals surface area (Å²) in [5, 5.41) is 1.14. The van der Waals surface area contributed by atoms with Gasteiger partial charge in [-0.2, -0.15) is 0 Å². The van der Waals surface area contributed by atoms with Crippen LogP contribution >= 0.6 is 22.9 Å². The zero-order valence-electron chi connectivity index (χ0n) is 12.1. The largest absolute Gasteiger partial charge is 0.407 e. The SMILES string of the molecule is CC(C)C1CC(=O)Oc2nc(-c3ccc(Cl)cc3)sc(=O)c21. The van der Waals surface area contributed by atoms with Crippen LogP contribution in [0.5, 0.6) is 5.88 Å². The first-order valence-electron chi connectivity index (χ1n) is 6.97. The van der Waals surface area contributed by atoms with Crippen LogP contribution in [0.25, 0.3) is 10.6 Å². The maximum Gasteiger partial charge on any atom is 0.313 e. The van der Waals surface area contributed by atoms with Crippen molar-refractivity contribution in [2.75, 3.05) is 0 Å². The highest BCUT2D eigenvalue weighted by atomic mass is 35.5. The molecule has 0 radical (unpaired) electrons. The monoisotopic (exact) mass is 335 g/mol. The molecule has 0 N–H and O–H groups in total. The summed E-state index contributed by atoms with van der Waals surface area (Å²) in [5.74, 6) is -0.138. The number of carbonyl (C=O) groups is 1. The van der Waals surface area contributed by atoms with Gasteiger partial charge in [0.05, 0.1) is 12.0 Å². The zero-order valence-corrected chi connectivity index (χ0v) is 13.7. The van der Waals surface area contributed by atoms with E-state index in [9.17, 15) is 9.59 Å². The smallest absolute Gasteiger partial charge is 0.313 e. The van der Waals surface area contributed by atoms with Gasteiger partial charge >= 0.3 is 5.97 Å². The summed E-state index contributed by atoms with van der Waals surface area (Å²) in [5.41, 5.74) is 1.30. The van der Waals surface area contributed by atoms with E-state index in [0.717, 1.165) is 16.9 Å². The first kappa shape index (κ1) is 15.2. The molecule has 0 saturated carbocycles. The van der Waals surface area contributed by atoms with Crippen molar-refractivity contribution in [1.29, 1.82) is 0 Å². The van der Waals surface area contributed by atoms with Gasteiger partial charge in [0.2, 0.25) is 10.6 Å². The fraction of sp³-hybridized carbons (Fsp3) is 0.312. The van der Waals surface area contributed by atoms with Crippen LogP contribution in [-0.4, -0.2) is 11.0 Å². The molecule has 6 heteroatoms. The van der Waals surface area contributed by atoms with Crippen LogP contribution in [0.2, 0.25) is 5.02 Å². The molecule has 0 aliphatic carbocycles. The van der Waals surface area contributed by atoms with E-state index >= 15 is 0 Å². The van der Waals surface area contributed by atoms with E-state index in [2.05, 4.69) is 4.98 Å². The maximum absolute atomic E-state index is 12.5. The van der Waals surface area contributed by atoms with Gasteiger partial charge in [-0.15, -0.1) is 0 Å². The lowest BCUT2D eigenvalue weighted by Gasteiger charge is -2.25. The van der Waals surface area contributed by atoms with Gasteiger partial charge < -0.3 is 4.74 Å². The van der Waals surface area contributed by atoms with Crippen molar-refractivity contribution < 1.29 is 9.53 Å². The van der Waals surface area contributed by atoms with Gasteiger partial charge in [0, 0.05) is 16.5 Å². The number of benzene rings is 1. The summed E-state index contributed by atoms with van der Waals surface area (Å²) in [7, 11) is 0. The second-order valence-electron chi connectivity index (χ2n) is 5.56. The summed E-state index contributed by atoms with van der Waals surface area (Å²) in [6.45, 7) is 3.98. The van der Waals surface area contributed by atoms with E-state index in [4.69, 9.17) is 16.3 Å². The summed E-state index contributed by atoms with van der Waals surface area (Å²) in [6.07, 6.45) is 0.231. The van der Waals surface area contributed by atoms with Gasteiger partial charge in [-0.05, 0) is 18.1 Å². The Bertz CT molecular complexity index is 783. The summed E-state index contributed by atoms with van der Waals surface area (Å²) in [4.78, 5) is 28.7. The Hall–Kier alpha value is -1.72. The number of fused-ring (bicyclic) bond motifs is 1. The highest BCUT2D eigenvalue weighted by molar-refractivity contribution is 7.12. The molecule has 0 amide bonds. The number of rotatable bonds is 2. The van der Waals surface area contributed by atoms with Crippen LogP contribution in [0, 0.1) is 5.92 Å². The van der Waals surface area contributed by atoms with Crippen LogP contribution < -0.4 is 9.48 Å². The lowest BCUT2D eigenvalue weighted by molar-refractivity contribution is -0.136. The number of hydrogen-bond donors (Lipinski definition) is 0. The summed E-state index contributed by atoms with van der Waals surface area (Å²) >= 11 is 6.94. The van der Waals surface area contributed by atoms with Crippen molar-refractivity contribution in [1.82, 2.24) is 4.98 Å². The third-order valence-corrected chi connectivity index (χ3v) is 4.88. The summed E-state index contributed by atoms with van der Waals surface area (Å²) in [6, 6.07) is 7.05. The average molecular weight is 336 g/mol. The number of carbonyl (C=O) groups excluding carboxylic acids is 1. The van der Waals surface area contributed by atoms with Crippen molar-refractivity contribution in [3.8, 4) is 16.5 Å². The highest BCUT2D eigenvalue weighted by Crippen LogP contribution is 2.37. The minimum atomic E-state index is -0.337. The minimum Gasteiger partial charge on any atom is -0.407 e. The molecule has 114 valence electrons. The van der Waals surface area contributed by atoms with E-state index < -0.39 is 0 Å². The lowest BCUT2D eigenvalue weighted by atomic mass is 9.86. The van der Waals surface area contributed by atoms with Crippen LogP contribution in [-0.2, 0) is 4.79 Å². The van der Waals surface area contributed by atoms with E-state index in [0.29, 0.717) is 15.6 Å². The molecule has 22 heavy (non-hydrogen) atoms. The predicted octanol–water partition coefficient (Wildman–Crippen LogP) is 3.87. The Labute approximate surface area is 136 Å². The molecule has 0 bridgehead atoms. The van der Waals surface area contributed by atoms with E-state index in [1.807, 2.05) is 13.8 Å². The van der Waals surface area contributed by atoms with Crippen molar-refractivity contribution >= 4 is 28.9 Å². The van der Waals surface area contributed by atoms with Gasteiger partial charge in [-0.1, -0.05) is 48.9 Å². The summed E-state index contributed by atoms with van der Waals surface area (Å²) < 4.78 is 5.11. The Balaban J connectivity index is 2.13. The van der Waals surface area contributed by atoms with Gasteiger partial charge in [0.15, 0.2) is 0 Å². The van der Waals surface area contributed by atoms with Crippen molar-refractivity contribution in [2.45, 2.75) is 26.2 Å². The first-order valence-corrected chi connectivity index (χ1v) is 8.17. The fourth-order valence-corrected chi connectivity index (χ4v) is 3.54. The third-order valence-electron chi connectivity index (χ3n) is 3.71. The molecule has 0 fully saturated rings. The Morgan fingerprint density at radius 3 is 2.59 bits per heavy atom. The van der Waals surface area contributed by atoms with Gasteiger partial charge in [0.25, 0.3) is 0 Å². The molecule has 2 heterocycles. The van der Waals surface area contributed by atoms with Crippen molar-refractivity contribution in [3.05, 3.63) is 44.4 Å². The number of halogens is 1. The molecular formula is C16H14ClNO3S. The Morgan fingerprint density at radius 1 is 1.27 bits per heavy atom. The number of nitrogens with zero attached hydrogens (tertiary/aromatic N) is 1. The average Bonchev–Trinajstić information content (AvgIpc) is 2.46. The number of ether oxygens (including phenoxy) is 1. The highest BCUT2D eigenvalue weighted by Gasteiger charge is 2.33. The second kappa shape index (κ2) is 5.82. The molecule has 2 aromatic rings. The lowest BCUT2D eigenvalue weighted by Crippen LogP contribution is -2.28. The van der Waals surface area contributed by atoms with E-state index in [1.54, 1.807) is 24.3 Å². The molecule has 3 rings (SSSR count). The van der Waals surface area contributed by atoms with Crippen LogP contribution in [0.15, 0.2) is 29.1 Å². The number of esters is 1. The predicted molar refractivity (Wildman–Crippen MR) is 86.7 cm³/mol. The van der Waals surface area contributed by atoms with Crippen LogP contribution in [0.1, 0.15) is 31.7 Å². The Morgan fingerprint density at radius 2 is 1.95 bits per heavy atom. The van der Waals surface area contributed by atoms with E-state index in [1.165, 1.54) is 0 Å². The zero-order chi connectivity index (χ0) is 15.9.